The van der Waals surface area contributed by atoms with Gasteiger partial charge in [0, 0.05) is 26.2 Å². The summed E-state index contributed by atoms with van der Waals surface area (Å²) in [6.45, 7) is 0.419. The molecule has 3 aromatic rings. The van der Waals surface area contributed by atoms with Crippen molar-refractivity contribution in [2.75, 3.05) is 20.9 Å². The molecule has 0 saturated carbocycles. The molecule has 0 spiro atoms. The second-order valence-corrected chi connectivity index (χ2v) is 8.76. The van der Waals surface area contributed by atoms with Crippen molar-refractivity contribution < 1.29 is 27.2 Å². The Balaban J connectivity index is 1.43. The van der Waals surface area contributed by atoms with Crippen molar-refractivity contribution in [2.45, 2.75) is 11.4 Å². The fourth-order valence-corrected chi connectivity index (χ4v) is 3.63. The number of carbonyl (C=O) groups excluding carboxylic acids is 1. The first-order valence-corrected chi connectivity index (χ1v) is 10.3. The van der Waals surface area contributed by atoms with Crippen LogP contribution >= 0.6 is 0 Å². The normalized spacial score (nSPS) is 12.9. The van der Waals surface area contributed by atoms with Crippen molar-refractivity contribution in [3.05, 3.63) is 53.9 Å². The maximum Gasteiger partial charge on any atom is 0.316 e. The van der Waals surface area contributed by atoms with Crippen molar-refractivity contribution in [1.82, 2.24) is 19.8 Å². The van der Waals surface area contributed by atoms with Gasteiger partial charge in [0.05, 0.1) is 4.90 Å². The summed E-state index contributed by atoms with van der Waals surface area (Å²) >= 11 is 0. The highest BCUT2D eigenvalue weighted by Gasteiger charge is 2.20. The summed E-state index contributed by atoms with van der Waals surface area (Å²) in [5.74, 6) is 0.739. The number of carbonyl (C=O) groups is 1. The minimum atomic E-state index is -3.53. The van der Waals surface area contributed by atoms with Crippen molar-refractivity contribution >= 4 is 15.9 Å². The van der Waals surface area contributed by atoms with Crippen LogP contribution in [-0.2, 0) is 16.6 Å². The van der Waals surface area contributed by atoms with Gasteiger partial charge < -0.3 is 19.3 Å². The first-order chi connectivity index (χ1) is 14.3. The molecule has 30 heavy (non-hydrogen) atoms. The lowest BCUT2D eigenvalue weighted by atomic mass is 10.2. The fraction of sp³-hybridized carbons (Fsp3) is 0.211. The standard InChI is InChI=1S/C19H18N4O6S/c1-23(2)30(25,26)14-6-4-13(5-7-14)17-21-19(29-22-17)18(24)20-10-12-3-8-15-16(9-12)28-11-27-15/h3-9H,10-11H2,1-2H3,(H,20,24). The molecule has 1 aliphatic rings. The number of hydrogen-bond donors (Lipinski definition) is 1. The third kappa shape index (κ3) is 3.84. The van der Waals surface area contributed by atoms with Gasteiger partial charge in [0.1, 0.15) is 0 Å². The Morgan fingerprint density at radius 1 is 1.10 bits per heavy atom. The summed E-state index contributed by atoms with van der Waals surface area (Å²) < 4.78 is 41.0. The van der Waals surface area contributed by atoms with Crippen LogP contribution in [0.4, 0.5) is 0 Å². The van der Waals surface area contributed by atoms with Gasteiger partial charge >= 0.3 is 11.8 Å². The molecule has 0 fully saturated rings. The Morgan fingerprint density at radius 2 is 1.83 bits per heavy atom. The lowest BCUT2D eigenvalue weighted by Crippen LogP contribution is -2.23. The lowest BCUT2D eigenvalue weighted by Gasteiger charge is -2.11. The molecule has 4 rings (SSSR count). The topological polar surface area (TPSA) is 124 Å². The second kappa shape index (κ2) is 7.76. The largest absolute Gasteiger partial charge is 0.454 e. The van der Waals surface area contributed by atoms with E-state index < -0.39 is 15.9 Å². The number of nitrogens with one attached hydrogen (secondary N) is 1. The Morgan fingerprint density at radius 3 is 2.57 bits per heavy atom. The van der Waals surface area contributed by atoms with Gasteiger partial charge in [-0.3, -0.25) is 4.79 Å². The molecule has 0 unspecified atom stereocenters. The van der Waals surface area contributed by atoms with E-state index in [4.69, 9.17) is 14.0 Å². The van der Waals surface area contributed by atoms with Crippen LogP contribution in [0.1, 0.15) is 16.2 Å². The number of amides is 1. The highest BCUT2D eigenvalue weighted by Crippen LogP contribution is 2.32. The number of ether oxygens (including phenoxy) is 2. The highest BCUT2D eigenvalue weighted by atomic mass is 32.2. The van der Waals surface area contributed by atoms with Gasteiger partial charge in [0.15, 0.2) is 11.5 Å². The van der Waals surface area contributed by atoms with Gasteiger partial charge in [0.2, 0.25) is 22.6 Å². The van der Waals surface area contributed by atoms with Crippen LogP contribution in [0.25, 0.3) is 11.4 Å². The van der Waals surface area contributed by atoms with Crippen LogP contribution in [0, 0.1) is 0 Å². The minimum Gasteiger partial charge on any atom is -0.454 e. The first kappa shape index (κ1) is 19.9. The molecule has 2 heterocycles. The predicted octanol–water partition coefficient (Wildman–Crippen LogP) is 1.65. The van der Waals surface area contributed by atoms with Crippen molar-refractivity contribution in [1.29, 1.82) is 0 Å². The summed E-state index contributed by atoms with van der Waals surface area (Å²) in [5.41, 5.74) is 1.34. The highest BCUT2D eigenvalue weighted by molar-refractivity contribution is 7.89. The molecular weight excluding hydrogens is 412 g/mol. The molecule has 1 N–H and O–H groups in total. The Hall–Kier alpha value is -3.44. The number of aromatic nitrogens is 2. The zero-order chi connectivity index (χ0) is 21.3. The molecule has 2 aromatic carbocycles. The molecule has 1 aliphatic heterocycles. The first-order valence-electron chi connectivity index (χ1n) is 8.88. The van der Waals surface area contributed by atoms with E-state index in [1.165, 1.54) is 26.2 Å². The summed E-state index contributed by atoms with van der Waals surface area (Å²) in [4.78, 5) is 16.5. The summed E-state index contributed by atoms with van der Waals surface area (Å²) in [6.07, 6.45) is 0. The fourth-order valence-electron chi connectivity index (χ4n) is 2.73. The third-order valence-electron chi connectivity index (χ3n) is 4.40. The van der Waals surface area contributed by atoms with Crippen LogP contribution in [0.2, 0.25) is 0 Å². The third-order valence-corrected chi connectivity index (χ3v) is 6.23. The molecule has 10 nitrogen and oxygen atoms in total. The van der Waals surface area contributed by atoms with Crippen molar-refractivity contribution in [3.8, 4) is 22.9 Å². The Kier molecular flexibility index (Phi) is 5.14. The van der Waals surface area contributed by atoms with Gasteiger partial charge in [-0.1, -0.05) is 11.2 Å². The van der Waals surface area contributed by atoms with E-state index in [1.54, 1.807) is 24.3 Å². The molecule has 0 bridgehead atoms. The summed E-state index contributed by atoms with van der Waals surface area (Å²) in [5, 5.41) is 6.49. The zero-order valence-electron chi connectivity index (χ0n) is 16.2. The minimum absolute atomic E-state index is 0.140. The molecule has 156 valence electrons. The van der Waals surface area contributed by atoms with E-state index in [0.29, 0.717) is 17.1 Å². The summed E-state index contributed by atoms with van der Waals surface area (Å²) in [6, 6.07) is 11.4. The zero-order valence-corrected chi connectivity index (χ0v) is 17.0. The average Bonchev–Trinajstić information content (AvgIpc) is 3.41. The van der Waals surface area contributed by atoms with Crippen molar-refractivity contribution in [3.63, 3.8) is 0 Å². The van der Waals surface area contributed by atoms with Gasteiger partial charge in [-0.2, -0.15) is 4.98 Å². The van der Waals surface area contributed by atoms with E-state index in [2.05, 4.69) is 15.5 Å². The van der Waals surface area contributed by atoms with Gasteiger partial charge in [-0.05, 0) is 42.0 Å². The molecule has 11 heteroatoms. The Labute approximate surface area is 172 Å². The van der Waals surface area contributed by atoms with E-state index in [1.807, 2.05) is 6.07 Å². The number of benzene rings is 2. The predicted molar refractivity (Wildman–Crippen MR) is 104 cm³/mol. The number of rotatable bonds is 6. The van der Waals surface area contributed by atoms with E-state index >= 15 is 0 Å². The van der Waals surface area contributed by atoms with E-state index in [9.17, 15) is 13.2 Å². The lowest BCUT2D eigenvalue weighted by molar-refractivity contribution is 0.0907. The molecular formula is C19H18N4O6S. The molecule has 0 saturated heterocycles. The maximum atomic E-state index is 12.3. The maximum absolute atomic E-state index is 12.3. The van der Waals surface area contributed by atoms with Gasteiger partial charge in [-0.25, -0.2) is 12.7 Å². The molecule has 0 aliphatic carbocycles. The second-order valence-electron chi connectivity index (χ2n) is 6.61. The van der Waals surface area contributed by atoms with Crippen LogP contribution in [0.3, 0.4) is 0 Å². The monoisotopic (exact) mass is 430 g/mol. The molecule has 1 aromatic heterocycles. The van der Waals surface area contributed by atoms with E-state index in [0.717, 1.165) is 9.87 Å². The molecule has 0 atom stereocenters. The van der Waals surface area contributed by atoms with Crippen LogP contribution in [0.5, 0.6) is 11.5 Å². The van der Waals surface area contributed by atoms with Crippen LogP contribution in [0.15, 0.2) is 51.9 Å². The van der Waals surface area contributed by atoms with Gasteiger partial charge in [0.25, 0.3) is 0 Å². The average molecular weight is 430 g/mol. The smallest absolute Gasteiger partial charge is 0.316 e. The number of fused-ring (bicyclic) bond motifs is 1. The molecule has 1 amide bonds. The van der Waals surface area contributed by atoms with Crippen LogP contribution in [-0.4, -0.2) is 49.7 Å². The van der Waals surface area contributed by atoms with Gasteiger partial charge in [-0.15, -0.1) is 0 Å². The summed E-state index contributed by atoms with van der Waals surface area (Å²) in [7, 11) is -0.623. The van der Waals surface area contributed by atoms with Crippen molar-refractivity contribution in [2.24, 2.45) is 0 Å². The Bertz CT molecular complexity index is 1190. The van der Waals surface area contributed by atoms with Crippen LogP contribution < -0.4 is 14.8 Å². The SMILES string of the molecule is CN(C)S(=O)(=O)c1ccc(-c2noc(C(=O)NCc3ccc4c(c3)OCO4)n2)cc1. The number of nitrogens with zero attached hydrogens (tertiary/aromatic N) is 3. The molecule has 0 radical (unpaired) electrons. The number of sulfonamides is 1. The number of hydrogen-bond acceptors (Lipinski definition) is 8. The quantitative estimate of drug-likeness (QED) is 0.626. The van der Waals surface area contributed by atoms with E-state index in [-0.39, 0.29) is 29.9 Å².